The fourth-order valence-electron chi connectivity index (χ4n) is 1.03. The van der Waals surface area contributed by atoms with Crippen LogP contribution in [0.3, 0.4) is 0 Å². The molecular formula is C11H10ClNO3. The van der Waals surface area contributed by atoms with Crippen LogP contribution in [-0.2, 0) is 9.59 Å². The van der Waals surface area contributed by atoms with Crippen LogP contribution in [0.5, 0.6) is 0 Å². The summed E-state index contributed by atoms with van der Waals surface area (Å²) >= 11 is 5.83. The Morgan fingerprint density at radius 1 is 1.38 bits per heavy atom. The lowest BCUT2D eigenvalue weighted by Crippen LogP contribution is -2.13. The van der Waals surface area contributed by atoms with Crippen LogP contribution in [0.25, 0.3) is 0 Å². The Labute approximate surface area is 97.5 Å². The third kappa shape index (κ3) is 3.40. The first kappa shape index (κ1) is 12.3. The predicted octanol–water partition coefficient (Wildman–Crippen LogP) is 2.31. The van der Waals surface area contributed by atoms with E-state index in [1.54, 1.807) is 24.3 Å². The number of rotatable bonds is 3. The van der Waals surface area contributed by atoms with Crippen molar-refractivity contribution in [1.82, 2.24) is 0 Å². The minimum absolute atomic E-state index is 0.104. The fourth-order valence-corrected chi connectivity index (χ4v) is 1.22. The van der Waals surface area contributed by atoms with Crippen LogP contribution in [-0.4, -0.2) is 17.0 Å². The third-order valence-electron chi connectivity index (χ3n) is 1.82. The van der Waals surface area contributed by atoms with Crippen LogP contribution < -0.4 is 5.32 Å². The number of benzene rings is 1. The number of amides is 1. The zero-order valence-electron chi connectivity index (χ0n) is 8.53. The Morgan fingerprint density at radius 3 is 2.56 bits per heavy atom. The molecule has 1 amide bonds. The Morgan fingerprint density at radius 2 is 2.00 bits per heavy atom. The van der Waals surface area contributed by atoms with E-state index in [0.29, 0.717) is 10.7 Å². The Hall–Kier alpha value is -1.81. The van der Waals surface area contributed by atoms with Gasteiger partial charge in [-0.05, 0) is 19.1 Å². The highest BCUT2D eigenvalue weighted by molar-refractivity contribution is 6.33. The second-order valence-corrected chi connectivity index (χ2v) is 3.51. The molecule has 16 heavy (non-hydrogen) atoms. The number of anilines is 1. The van der Waals surface area contributed by atoms with Crippen LogP contribution in [0.2, 0.25) is 5.02 Å². The average Bonchev–Trinajstić information content (AvgIpc) is 2.20. The van der Waals surface area contributed by atoms with Crippen molar-refractivity contribution in [2.24, 2.45) is 0 Å². The van der Waals surface area contributed by atoms with Gasteiger partial charge < -0.3 is 10.4 Å². The van der Waals surface area contributed by atoms with Crippen LogP contribution >= 0.6 is 11.6 Å². The Kier molecular flexibility index (Phi) is 4.08. The number of carboxylic acids is 1. The van der Waals surface area contributed by atoms with Crippen LogP contribution in [0.15, 0.2) is 35.9 Å². The lowest BCUT2D eigenvalue weighted by Gasteiger charge is -2.06. The molecule has 1 rings (SSSR count). The number of hydrogen-bond acceptors (Lipinski definition) is 2. The second kappa shape index (κ2) is 5.32. The second-order valence-electron chi connectivity index (χ2n) is 3.10. The van der Waals surface area contributed by atoms with Crippen molar-refractivity contribution in [3.8, 4) is 0 Å². The Bertz CT molecular complexity index is 454. The third-order valence-corrected chi connectivity index (χ3v) is 2.15. The zero-order valence-corrected chi connectivity index (χ0v) is 9.28. The van der Waals surface area contributed by atoms with E-state index in [1.165, 1.54) is 6.92 Å². The summed E-state index contributed by atoms with van der Waals surface area (Å²) < 4.78 is 0. The molecule has 0 saturated carbocycles. The molecule has 0 aromatic heterocycles. The molecule has 0 aliphatic heterocycles. The summed E-state index contributed by atoms with van der Waals surface area (Å²) in [6.45, 7) is 1.42. The summed E-state index contributed by atoms with van der Waals surface area (Å²) in [7, 11) is 0. The highest BCUT2D eigenvalue weighted by Gasteiger charge is 2.08. The molecule has 84 valence electrons. The molecule has 4 nitrogen and oxygen atoms in total. The minimum Gasteiger partial charge on any atom is -0.478 e. The number of carbonyl (C=O) groups excluding carboxylic acids is 1. The van der Waals surface area contributed by atoms with Crippen LogP contribution in [0.1, 0.15) is 6.92 Å². The molecule has 0 spiro atoms. The van der Waals surface area contributed by atoms with E-state index in [9.17, 15) is 9.59 Å². The van der Waals surface area contributed by atoms with E-state index >= 15 is 0 Å². The van der Waals surface area contributed by atoms with Crippen LogP contribution in [0, 0.1) is 0 Å². The molecule has 1 aromatic carbocycles. The van der Waals surface area contributed by atoms with E-state index in [4.69, 9.17) is 16.7 Å². The van der Waals surface area contributed by atoms with E-state index in [-0.39, 0.29) is 5.57 Å². The van der Waals surface area contributed by atoms with Gasteiger partial charge in [0.1, 0.15) is 0 Å². The lowest BCUT2D eigenvalue weighted by molar-refractivity contribution is -0.131. The number of halogens is 1. The lowest BCUT2D eigenvalue weighted by atomic mass is 10.2. The topological polar surface area (TPSA) is 66.4 Å². The minimum atomic E-state index is -1.16. The van der Waals surface area contributed by atoms with Gasteiger partial charge in [0.15, 0.2) is 0 Å². The number of carboxylic acid groups (broad SMARTS) is 1. The van der Waals surface area contributed by atoms with Crippen molar-refractivity contribution in [1.29, 1.82) is 0 Å². The molecule has 0 unspecified atom stereocenters. The molecule has 0 saturated heterocycles. The zero-order chi connectivity index (χ0) is 12.1. The SMILES string of the molecule is C/C(=C/C(=O)O)C(=O)Nc1ccccc1Cl. The average molecular weight is 240 g/mol. The molecule has 0 bridgehead atoms. The summed E-state index contributed by atoms with van der Waals surface area (Å²) in [6.07, 6.45) is 0.839. The summed E-state index contributed by atoms with van der Waals surface area (Å²) in [4.78, 5) is 21.8. The highest BCUT2D eigenvalue weighted by Crippen LogP contribution is 2.20. The van der Waals surface area contributed by atoms with Crippen LogP contribution in [0.4, 0.5) is 5.69 Å². The first-order valence-corrected chi connectivity index (χ1v) is 4.85. The van der Waals surface area contributed by atoms with Gasteiger partial charge in [-0.15, -0.1) is 0 Å². The van der Waals surface area contributed by atoms with Crippen molar-refractivity contribution < 1.29 is 14.7 Å². The van der Waals surface area contributed by atoms with Gasteiger partial charge in [0.25, 0.3) is 5.91 Å². The molecule has 0 aliphatic carbocycles. The van der Waals surface area contributed by atoms with Crippen molar-refractivity contribution in [2.45, 2.75) is 6.92 Å². The van der Waals surface area contributed by atoms with Gasteiger partial charge in [0.05, 0.1) is 10.7 Å². The van der Waals surface area contributed by atoms with Gasteiger partial charge in [0, 0.05) is 11.6 Å². The standard InChI is InChI=1S/C11H10ClNO3/c1-7(6-10(14)15)11(16)13-9-5-3-2-4-8(9)12/h2-6H,1H3,(H,13,16)(H,14,15)/b7-6-. The van der Waals surface area contributed by atoms with Gasteiger partial charge in [-0.2, -0.15) is 0 Å². The van der Waals surface area contributed by atoms with Gasteiger partial charge in [-0.25, -0.2) is 4.79 Å². The maximum Gasteiger partial charge on any atom is 0.328 e. The predicted molar refractivity (Wildman–Crippen MR) is 61.5 cm³/mol. The summed E-state index contributed by atoms with van der Waals surface area (Å²) in [5.74, 6) is -1.65. The van der Waals surface area contributed by atoms with Gasteiger partial charge in [-0.3, -0.25) is 4.79 Å². The number of nitrogens with one attached hydrogen (secondary N) is 1. The molecule has 0 aliphatic rings. The van der Waals surface area contributed by atoms with Crippen molar-refractivity contribution in [3.63, 3.8) is 0 Å². The number of carbonyl (C=O) groups is 2. The maximum atomic E-state index is 11.5. The summed E-state index contributed by atoms with van der Waals surface area (Å²) in [5.41, 5.74) is 0.555. The maximum absolute atomic E-state index is 11.5. The quantitative estimate of drug-likeness (QED) is 0.796. The molecule has 5 heteroatoms. The number of para-hydroxylation sites is 1. The first-order valence-electron chi connectivity index (χ1n) is 4.48. The monoisotopic (exact) mass is 239 g/mol. The summed E-state index contributed by atoms with van der Waals surface area (Å²) in [5, 5.41) is 11.4. The van der Waals surface area contributed by atoms with E-state index in [1.807, 2.05) is 0 Å². The van der Waals surface area contributed by atoms with E-state index in [0.717, 1.165) is 6.08 Å². The first-order chi connectivity index (χ1) is 7.50. The van der Waals surface area contributed by atoms with Gasteiger partial charge in [0.2, 0.25) is 0 Å². The smallest absolute Gasteiger partial charge is 0.328 e. The number of aliphatic carboxylic acids is 1. The Balaban J connectivity index is 2.80. The highest BCUT2D eigenvalue weighted by atomic mass is 35.5. The fraction of sp³-hybridized carbons (Fsp3) is 0.0909. The molecule has 0 atom stereocenters. The van der Waals surface area contributed by atoms with Gasteiger partial charge in [-0.1, -0.05) is 23.7 Å². The molecular weight excluding hydrogens is 230 g/mol. The van der Waals surface area contributed by atoms with Crippen molar-refractivity contribution in [2.75, 3.05) is 5.32 Å². The number of hydrogen-bond donors (Lipinski definition) is 2. The molecule has 2 N–H and O–H groups in total. The van der Waals surface area contributed by atoms with Gasteiger partial charge >= 0.3 is 5.97 Å². The molecule has 0 heterocycles. The molecule has 0 radical (unpaired) electrons. The van der Waals surface area contributed by atoms with Crippen molar-refractivity contribution in [3.05, 3.63) is 40.9 Å². The molecule has 0 fully saturated rings. The summed E-state index contributed by atoms with van der Waals surface area (Å²) in [6, 6.07) is 6.72. The molecule has 1 aromatic rings. The van der Waals surface area contributed by atoms with E-state index in [2.05, 4.69) is 5.32 Å². The largest absolute Gasteiger partial charge is 0.478 e. The van der Waals surface area contributed by atoms with Crippen molar-refractivity contribution >= 4 is 29.2 Å². The normalized spacial score (nSPS) is 11.0. The van der Waals surface area contributed by atoms with E-state index < -0.39 is 11.9 Å².